The van der Waals surface area contributed by atoms with Crippen molar-refractivity contribution in [2.75, 3.05) is 7.05 Å². The molecule has 106 valence electrons. The van der Waals surface area contributed by atoms with Crippen molar-refractivity contribution in [3.05, 3.63) is 0 Å². The highest BCUT2D eigenvalue weighted by Gasteiger charge is 2.30. The number of carbonyl (C=O) groups is 2. The maximum absolute atomic E-state index is 12.0. The lowest BCUT2D eigenvalue weighted by molar-refractivity contribution is -0.131. The molecule has 0 heterocycles. The van der Waals surface area contributed by atoms with Crippen molar-refractivity contribution in [1.29, 1.82) is 0 Å². The molecule has 0 radical (unpaired) electrons. The SMILES string of the molecule is CNC(=O)C(CC(C)C)NC(=O)[C@H](N)C(C)(C)C. The average Bonchev–Trinajstić information content (AvgIpc) is 2.23. The fourth-order valence-corrected chi connectivity index (χ4v) is 1.53. The molecule has 5 heteroatoms. The average molecular weight is 257 g/mol. The summed E-state index contributed by atoms with van der Waals surface area (Å²) in [4.78, 5) is 23.7. The van der Waals surface area contributed by atoms with Crippen LogP contribution in [0.5, 0.6) is 0 Å². The minimum atomic E-state index is -0.628. The van der Waals surface area contributed by atoms with Crippen LogP contribution in [0, 0.1) is 11.3 Å². The Labute approximate surface area is 110 Å². The van der Waals surface area contributed by atoms with Gasteiger partial charge in [0, 0.05) is 7.05 Å². The maximum atomic E-state index is 12.0. The Morgan fingerprint density at radius 1 is 1.17 bits per heavy atom. The molecule has 0 spiro atoms. The number of nitrogens with one attached hydrogen (secondary N) is 2. The second kappa shape index (κ2) is 6.73. The maximum Gasteiger partial charge on any atom is 0.242 e. The summed E-state index contributed by atoms with van der Waals surface area (Å²) in [5.74, 6) is -0.145. The van der Waals surface area contributed by atoms with Gasteiger partial charge in [-0.05, 0) is 17.8 Å². The van der Waals surface area contributed by atoms with Crippen LogP contribution in [0.15, 0.2) is 0 Å². The first-order valence-electron chi connectivity index (χ1n) is 6.37. The highest BCUT2D eigenvalue weighted by Crippen LogP contribution is 2.17. The highest BCUT2D eigenvalue weighted by atomic mass is 16.2. The minimum Gasteiger partial charge on any atom is -0.357 e. The molecular weight excluding hydrogens is 230 g/mol. The zero-order valence-electron chi connectivity index (χ0n) is 12.3. The number of likely N-dealkylation sites (N-methyl/N-ethyl adjacent to an activating group) is 1. The molecule has 0 saturated heterocycles. The molecule has 18 heavy (non-hydrogen) atoms. The largest absolute Gasteiger partial charge is 0.357 e. The molecule has 0 aliphatic rings. The van der Waals surface area contributed by atoms with Gasteiger partial charge in [0.25, 0.3) is 0 Å². The lowest BCUT2D eigenvalue weighted by Gasteiger charge is -2.28. The van der Waals surface area contributed by atoms with Crippen LogP contribution in [-0.4, -0.2) is 30.9 Å². The van der Waals surface area contributed by atoms with Gasteiger partial charge in [0.15, 0.2) is 0 Å². The minimum absolute atomic E-state index is 0.182. The number of hydrogen-bond donors (Lipinski definition) is 3. The summed E-state index contributed by atoms with van der Waals surface area (Å²) in [6, 6.07) is -1.15. The molecule has 2 amide bonds. The van der Waals surface area contributed by atoms with Crippen LogP contribution in [0.4, 0.5) is 0 Å². The highest BCUT2D eigenvalue weighted by molar-refractivity contribution is 5.89. The summed E-state index contributed by atoms with van der Waals surface area (Å²) in [5, 5.41) is 5.29. The number of carbonyl (C=O) groups excluding carboxylic acids is 2. The van der Waals surface area contributed by atoms with Gasteiger partial charge in [-0.15, -0.1) is 0 Å². The van der Waals surface area contributed by atoms with Crippen molar-refractivity contribution in [1.82, 2.24) is 10.6 Å². The predicted octanol–water partition coefficient (Wildman–Crippen LogP) is 0.637. The lowest BCUT2D eigenvalue weighted by atomic mass is 9.86. The zero-order chi connectivity index (χ0) is 14.5. The quantitative estimate of drug-likeness (QED) is 0.675. The Morgan fingerprint density at radius 3 is 2.00 bits per heavy atom. The van der Waals surface area contributed by atoms with E-state index >= 15 is 0 Å². The van der Waals surface area contributed by atoms with Gasteiger partial charge < -0.3 is 16.4 Å². The number of amides is 2. The molecule has 2 atom stereocenters. The number of rotatable bonds is 5. The molecule has 5 nitrogen and oxygen atoms in total. The van der Waals surface area contributed by atoms with E-state index in [2.05, 4.69) is 10.6 Å². The van der Waals surface area contributed by atoms with E-state index in [4.69, 9.17) is 5.73 Å². The van der Waals surface area contributed by atoms with Crippen LogP contribution >= 0.6 is 0 Å². The smallest absolute Gasteiger partial charge is 0.242 e. The van der Waals surface area contributed by atoms with Crippen LogP contribution in [0.2, 0.25) is 0 Å². The molecular formula is C13H27N3O2. The second-order valence-corrected chi connectivity index (χ2v) is 6.15. The van der Waals surface area contributed by atoms with Crippen molar-refractivity contribution in [2.24, 2.45) is 17.1 Å². The lowest BCUT2D eigenvalue weighted by Crippen LogP contribution is -2.55. The third-order valence-corrected chi connectivity index (χ3v) is 2.80. The number of hydrogen-bond acceptors (Lipinski definition) is 3. The van der Waals surface area contributed by atoms with Crippen LogP contribution in [0.1, 0.15) is 41.0 Å². The summed E-state index contributed by atoms with van der Waals surface area (Å²) < 4.78 is 0. The first-order chi connectivity index (χ1) is 8.09. The van der Waals surface area contributed by atoms with Gasteiger partial charge in [0.1, 0.15) is 6.04 Å². The molecule has 4 N–H and O–H groups in total. The van der Waals surface area contributed by atoms with E-state index in [1.165, 1.54) is 0 Å². The summed E-state index contributed by atoms with van der Waals surface area (Å²) in [6.45, 7) is 9.70. The van der Waals surface area contributed by atoms with Gasteiger partial charge in [-0.3, -0.25) is 9.59 Å². The Bertz CT molecular complexity index is 295. The van der Waals surface area contributed by atoms with Crippen molar-refractivity contribution >= 4 is 11.8 Å². The Morgan fingerprint density at radius 2 is 1.67 bits per heavy atom. The van der Waals surface area contributed by atoms with Crippen LogP contribution in [0.3, 0.4) is 0 Å². The van der Waals surface area contributed by atoms with Crippen molar-refractivity contribution < 1.29 is 9.59 Å². The van der Waals surface area contributed by atoms with Gasteiger partial charge in [-0.2, -0.15) is 0 Å². The van der Waals surface area contributed by atoms with Gasteiger partial charge in [-0.25, -0.2) is 0 Å². The third kappa shape index (κ3) is 5.49. The molecule has 0 aromatic heterocycles. The Hall–Kier alpha value is -1.10. The molecule has 0 aromatic carbocycles. The van der Waals surface area contributed by atoms with E-state index in [0.717, 1.165) is 0 Å². The first kappa shape index (κ1) is 16.9. The van der Waals surface area contributed by atoms with Gasteiger partial charge in [0.2, 0.25) is 11.8 Å². The van der Waals surface area contributed by atoms with Gasteiger partial charge in [-0.1, -0.05) is 34.6 Å². The van der Waals surface area contributed by atoms with E-state index in [0.29, 0.717) is 12.3 Å². The van der Waals surface area contributed by atoms with Crippen molar-refractivity contribution in [3.63, 3.8) is 0 Å². The summed E-state index contributed by atoms with van der Waals surface area (Å²) in [5.41, 5.74) is 5.55. The van der Waals surface area contributed by atoms with Crippen LogP contribution in [0.25, 0.3) is 0 Å². The normalized spacial score (nSPS) is 15.1. The standard InChI is InChI=1S/C13H27N3O2/c1-8(2)7-9(11(17)15-6)16-12(18)10(14)13(3,4)5/h8-10H,7,14H2,1-6H3,(H,15,17)(H,16,18)/t9?,10-/m0/s1. The topological polar surface area (TPSA) is 84.2 Å². The Kier molecular flexibility index (Phi) is 6.32. The molecule has 0 aromatic rings. The Balaban J connectivity index is 4.68. The van der Waals surface area contributed by atoms with Crippen molar-refractivity contribution in [2.45, 2.75) is 53.1 Å². The predicted molar refractivity (Wildman–Crippen MR) is 72.9 cm³/mol. The van der Waals surface area contributed by atoms with E-state index in [9.17, 15) is 9.59 Å². The van der Waals surface area contributed by atoms with E-state index in [1.807, 2.05) is 34.6 Å². The van der Waals surface area contributed by atoms with E-state index in [-0.39, 0.29) is 17.2 Å². The molecule has 0 aliphatic carbocycles. The summed E-state index contributed by atoms with van der Waals surface area (Å²) in [7, 11) is 1.56. The first-order valence-corrected chi connectivity index (χ1v) is 6.37. The second-order valence-electron chi connectivity index (χ2n) is 6.15. The molecule has 0 aliphatic heterocycles. The molecule has 0 fully saturated rings. The van der Waals surface area contributed by atoms with Gasteiger partial charge >= 0.3 is 0 Å². The fraction of sp³-hybridized carbons (Fsp3) is 0.846. The van der Waals surface area contributed by atoms with Crippen molar-refractivity contribution in [3.8, 4) is 0 Å². The van der Waals surface area contributed by atoms with Crippen LogP contribution < -0.4 is 16.4 Å². The third-order valence-electron chi connectivity index (χ3n) is 2.80. The molecule has 0 bridgehead atoms. The summed E-state index contributed by atoms with van der Waals surface area (Å²) >= 11 is 0. The van der Waals surface area contributed by atoms with Crippen LogP contribution in [-0.2, 0) is 9.59 Å². The monoisotopic (exact) mass is 257 g/mol. The fourth-order valence-electron chi connectivity index (χ4n) is 1.53. The van der Waals surface area contributed by atoms with Gasteiger partial charge in [0.05, 0.1) is 6.04 Å². The summed E-state index contributed by atoms with van der Waals surface area (Å²) in [6.07, 6.45) is 0.599. The molecule has 1 unspecified atom stereocenters. The van der Waals surface area contributed by atoms with E-state index in [1.54, 1.807) is 7.05 Å². The number of nitrogens with two attached hydrogens (primary N) is 1. The van der Waals surface area contributed by atoms with E-state index < -0.39 is 12.1 Å². The molecule has 0 saturated carbocycles. The zero-order valence-corrected chi connectivity index (χ0v) is 12.3. The molecule has 0 rings (SSSR count).